The minimum absolute atomic E-state index is 0.0932. The molecule has 2 heterocycles. The number of aryl methyl sites for hydroxylation is 2. The molecule has 0 aliphatic heterocycles. The van der Waals surface area contributed by atoms with Gasteiger partial charge in [-0.2, -0.15) is 0 Å². The molecule has 0 atom stereocenters. The lowest BCUT2D eigenvalue weighted by Gasteiger charge is -1.99. The maximum absolute atomic E-state index is 11.9. The summed E-state index contributed by atoms with van der Waals surface area (Å²) in [5.41, 5.74) is 0.890. The van der Waals surface area contributed by atoms with Crippen LogP contribution in [-0.4, -0.2) is 15.8 Å². The van der Waals surface area contributed by atoms with Gasteiger partial charge in [0.2, 0.25) is 0 Å². The highest BCUT2D eigenvalue weighted by Crippen LogP contribution is 2.27. The molecule has 0 saturated carbocycles. The number of carbonyl (C=O) groups excluding carboxylic acids is 1. The number of anilines is 1. The molecule has 6 nitrogen and oxygen atoms in total. The Morgan fingerprint density at radius 1 is 1.44 bits per heavy atom. The summed E-state index contributed by atoms with van der Waals surface area (Å²) in [5, 5.41) is 13.2. The van der Waals surface area contributed by atoms with Crippen molar-refractivity contribution in [3.63, 3.8) is 0 Å². The molecule has 0 fully saturated rings. The fourth-order valence-electron chi connectivity index (χ4n) is 1.43. The summed E-state index contributed by atoms with van der Waals surface area (Å²) in [6.07, 6.45) is 1.13. The number of nitrogens with zero attached hydrogens (tertiary/aromatic N) is 2. The lowest BCUT2D eigenvalue weighted by Crippen LogP contribution is -2.10. The predicted molar refractivity (Wildman–Crippen MR) is 70.5 cm³/mol. The van der Waals surface area contributed by atoms with E-state index in [-0.39, 0.29) is 16.0 Å². The molecule has 0 bridgehead atoms. The van der Waals surface area contributed by atoms with E-state index in [0.29, 0.717) is 4.88 Å². The predicted octanol–water partition coefficient (Wildman–Crippen LogP) is 2.98. The third kappa shape index (κ3) is 2.54. The molecule has 0 saturated heterocycles. The van der Waals surface area contributed by atoms with Crippen LogP contribution in [0.2, 0.25) is 0 Å². The first kappa shape index (κ1) is 12.7. The van der Waals surface area contributed by atoms with Crippen LogP contribution < -0.4 is 5.32 Å². The van der Waals surface area contributed by atoms with Crippen molar-refractivity contribution in [2.75, 3.05) is 5.32 Å². The van der Waals surface area contributed by atoms with E-state index in [2.05, 4.69) is 10.3 Å². The Kier molecular flexibility index (Phi) is 3.39. The van der Waals surface area contributed by atoms with Gasteiger partial charge in [0.05, 0.1) is 9.80 Å². The average Bonchev–Trinajstić information content (AvgIpc) is 2.85. The highest BCUT2D eigenvalue weighted by molar-refractivity contribution is 7.19. The number of nitrogens with one attached hydrogen (secondary N) is 1. The summed E-state index contributed by atoms with van der Waals surface area (Å²) in [5.74, 6) is -0.283. The normalized spacial score (nSPS) is 10.3. The topological polar surface area (TPSA) is 85.1 Å². The number of amides is 1. The summed E-state index contributed by atoms with van der Waals surface area (Å²) in [4.78, 5) is 27.3. The Morgan fingerprint density at radius 2 is 2.17 bits per heavy atom. The van der Waals surface area contributed by atoms with Crippen LogP contribution in [0.1, 0.15) is 20.1 Å². The molecular formula is C10H9N3O3S2. The molecule has 1 N–H and O–H groups in total. The molecule has 0 spiro atoms. The van der Waals surface area contributed by atoms with Gasteiger partial charge in [0.25, 0.3) is 5.91 Å². The van der Waals surface area contributed by atoms with Crippen molar-refractivity contribution in [3.8, 4) is 0 Å². The highest BCUT2D eigenvalue weighted by Gasteiger charge is 2.16. The number of carbonyl (C=O) groups is 1. The van der Waals surface area contributed by atoms with Crippen molar-refractivity contribution >= 4 is 38.7 Å². The zero-order valence-electron chi connectivity index (χ0n) is 9.59. The molecule has 1 amide bonds. The Hall–Kier alpha value is -1.80. The molecule has 2 aromatic heterocycles. The van der Waals surface area contributed by atoms with Gasteiger partial charge in [0.1, 0.15) is 6.20 Å². The van der Waals surface area contributed by atoms with E-state index in [0.717, 1.165) is 28.0 Å². The molecule has 2 aromatic rings. The molecular weight excluding hydrogens is 274 g/mol. The van der Waals surface area contributed by atoms with Crippen LogP contribution in [0.4, 0.5) is 10.1 Å². The van der Waals surface area contributed by atoms with Crippen molar-refractivity contribution in [2.45, 2.75) is 13.8 Å². The maximum atomic E-state index is 11.9. The molecule has 0 radical (unpaired) electrons. The number of thiophene rings is 1. The van der Waals surface area contributed by atoms with Crippen molar-refractivity contribution in [2.24, 2.45) is 0 Å². The summed E-state index contributed by atoms with van der Waals surface area (Å²) in [7, 11) is 0. The van der Waals surface area contributed by atoms with E-state index in [1.807, 2.05) is 19.9 Å². The van der Waals surface area contributed by atoms with Crippen LogP contribution in [0.3, 0.4) is 0 Å². The number of thiazole rings is 1. The fraction of sp³-hybridized carbons (Fsp3) is 0.200. The molecule has 94 valence electrons. The van der Waals surface area contributed by atoms with Gasteiger partial charge in [-0.1, -0.05) is 0 Å². The summed E-state index contributed by atoms with van der Waals surface area (Å²) in [6.45, 7) is 3.77. The Balaban J connectivity index is 2.16. The Labute approximate surface area is 110 Å². The van der Waals surface area contributed by atoms with Gasteiger partial charge >= 0.3 is 5.00 Å². The molecule has 0 unspecified atom stereocenters. The highest BCUT2D eigenvalue weighted by atomic mass is 32.1. The number of aromatic nitrogens is 1. The minimum Gasteiger partial charge on any atom is -0.297 e. The van der Waals surface area contributed by atoms with E-state index < -0.39 is 4.92 Å². The standard InChI is InChI=1S/C10H9N3O3S2/c1-5-3-6(2)17-8(5)9(14)12-10-11-4-7(18-10)13(15)16/h3-4H,1-2H3,(H,11,12,14). The largest absolute Gasteiger partial charge is 0.345 e. The first-order valence-corrected chi connectivity index (χ1v) is 6.59. The van der Waals surface area contributed by atoms with Crippen LogP contribution in [-0.2, 0) is 0 Å². The van der Waals surface area contributed by atoms with Gasteiger partial charge in [-0.3, -0.25) is 20.2 Å². The zero-order valence-corrected chi connectivity index (χ0v) is 11.2. The zero-order chi connectivity index (χ0) is 13.3. The lowest BCUT2D eigenvalue weighted by molar-refractivity contribution is -0.380. The lowest BCUT2D eigenvalue weighted by atomic mass is 10.2. The maximum Gasteiger partial charge on any atom is 0.345 e. The number of rotatable bonds is 3. The van der Waals surface area contributed by atoms with Crippen molar-refractivity contribution < 1.29 is 9.72 Å². The number of hydrogen-bond acceptors (Lipinski definition) is 6. The Morgan fingerprint density at radius 3 is 2.67 bits per heavy atom. The molecule has 0 aliphatic rings. The van der Waals surface area contributed by atoms with Gasteiger partial charge in [0, 0.05) is 4.88 Å². The third-order valence-corrected chi connectivity index (χ3v) is 4.16. The summed E-state index contributed by atoms with van der Waals surface area (Å²) in [6, 6.07) is 1.92. The van der Waals surface area contributed by atoms with E-state index in [4.69, 9.17) is 0 Å². The molecule has 8 heteroatoms. The fourth-order valence-corrected chi connectivity index (χ4v) is 2.98. The van der Waals surface area contributed by atoms with Crippen LogP contribution in [0, 0.1) is 24.0 Å². The molecule has 0 aliphatic carbocycles. The van der Waals surface area contributed by atoms with Crippen molar-refractivity contribution in [1.82, 2.24) is 4.98 Å². The number of hydrogen-bond donors (Lipinski definition) is 1. The second kappa shape index (κ2) is 4.83. The number of nitro groups is 1. The van der Waals surface area contributed by atoms with Gasteiger partial charge < -0.3 is 0 Å². The van der Waals surface area contributed by atoms with E-state index >= 15 is 0 Å². The van der Waals surface area contributed by atoms with E-state index in [1.54, 1.807) is 0 Å². The monoisotopic (exact) mass is 283 g/mol. The van der Waals surface area contributed by atoms with Gasteiger partial charge in [0.15, 0.2) is 5.13 Å². The van der Waals surface area contributed by atoms with Crippen LogP contribution in [0.25, 0.3) is 0 Å². The molecule has 18 heavy (non-hydrogen) atoms. The van der Waals surface area contributed by atoms with Crippen LogP contribution >= 0.6 is 22.7 Å². The first-order chi connectivity index (χ1) is 8.47. The molecule has 0 aromatic carbocycles. The smallest absolute Gasteiger partial charge is 0.297 e. The minimum atomic E-state index is -0.534. The van der Waals surface area contributed by atoms with Gasteiger partial charge in [-0.15, -0.1) is 11.3 Å². The second-order valence-electron chi connectivity index (χ2n) is 3.58. The van der Waals surface area contributed by atoms with Gasteiger partial charge in [-0.25, -0.2) is 4.98 Å². The SMILES string of the molecule is Cc1cc(C)c(C(=O)Nc2ncc([N+](=O)[O-])s2)s1. The van der Waals surface area contributed by atoms with Crippen molar-refractivity contribution in [3.05, 3.63) is 37.7 Å². The van der Waals surface area contributed by atoms with Crippen LogP contribution in [0.5, 0.6) is 0 Å². The average molecular weight is 283 g/mol. The summed E-state index contributed by atoms with van der Waals surface area (Å²) < 4.78 is 0. The van der Waals surface area contributed by atoms with Crippen molar-refractivity contribution in [1.29, 1.82) is 0 Å². The molecule has 2 rings (SSSR count). The third-order valence-electron chi connectivity index (χ3n) is 2.14. The Bertz CT molecular complexity index is 618. The summed E-state index contributed by atoms with van der Waals surface area (Å²) >= 11 is 2.22. The van der Waals surface area contributed by atoms with Crippen LogP contribution in [0.15, 0.2) is 12.3 Å². The second-order valence-corrected chi connectivity index (χ2v) is 5.85. The van der Waals surface area contributed by atoms with E-state index in [1.165, 1.54) is 11.3 Å². The quantitative estimate of drug-likeness (QED) is 0.693. The van der Waals surface area contributed by atoms with Gasteiger partial charge in [-0.05, 0) is 36.8 Å². The first-order valence-electron chi connectivity index (χ1n) is 4.96. The van der Waals surface area contributed by atoms with E-state index in [9.17, 15) is 14.9 Å².